The van der Waals surface area contributed by atoms with Crippen LogP contribution in [0, 0.1) is 5.92 Å². The molecule has 0 aromatic heterocycles. The maximum atomic E-state index is 12.1. The van der Waals surface area contributed by atoms with Gasteiger partial charge in [0.15, 0.2) is 0 Å². The highest BCUT2D eigenvalue weighted by molar-refractivity contribution is 6.04. The van der Waals surface area contributed by atoms with Crippen LogP contribution in [-0.4, -0.2) is 12.6 Å². The van der Waals surface area contributed by atoms with Gasteiger partial charge in [-0.25, -0.2) is 4.79 Å². The van der Waals surface area contributed by atoms with Crippen LogP contribution in [0.4, 0.5) is 0 Å². The lowest BCUT2D eigenvalue weighted by atomic mass is 10.0. The van der Waals surface area contributed by atoms with Crippen LogP contribution in [0.5, 0.6) is 0 Å². The van der Waals surface area contributed by atoms with Gasteiger partial charge in [0.05, 0.1) is 12.2 Å². The van der Waals surface area contributed by atoms with Crippen LogP contribution in [0.25, 0.3) is 10.8 Å². The van der Waals surface area contributed by atoms with Gasteiger partial charge in [-0.1, -0.05) is 56.7 Å². The quantitative estimate of drug-likeness (QED) is 0.756. The average molecular weight is 242 g/mol. The SMILES string of the molecule is CC[C@H](C)COC(=O)c1cccc2ccccc12. The van der Waals surface area contributed by atoms with E-state index < -0.39 is 0 Å². The molecule has 0 aliphatic rings. The minimum absolute atomic E-state index is 0.230. The third-order valence-corrected chi connectivity index (χ3v) is 3.21. The fourth-order valence-electron chi connectivity index (χ4n) is 1.82. The lowest BCUT2D eigenvalue weighted by Crippen LogP contribution is -2.11. The molecule has 1 atom stereocenters. The molecule has 0 saturated heterocycles. The third-order valence-electron chi connectivity index (χ3n) is 3.21. The third kappa shape index (κ3) is 2.70. The molecule has 0 radical (unpaired) electrons. The maximum Gasteiger partial charge on any atom is 0.338 e. The van der Waals surface area contributed by atoms with E-state index in [1.807, 2.05) is 42.5 Å². The summed E-state index contributed by atoms with van der Waals surface area (Å²) in [4.78, 5) is 12.1. The largest absolute Gasteiger partial charge is 0.462 e. The van der Waals surface area contributed by atoms with Crippen molar-refractivity contribution in [2.45, 2.75) is 20.3 Å². The molecule has 0 spiro atoms. The zero-order valence-corrected chi connectivity index (χ0v) is 10.8. The van der Waals surface area contributed by atoms with Gasteiger partial charge < -0.3 is 4.74 Å². The summed E-state index contributed by atoms with van der Waals surface area (Å²) in [6.07, 6.45) is 1.02. The second-order valence-corrected chi connectivity index (χ2v) is 4.64. The van der Waals surface area contributed by atoms with E-state index in [0.717, 1.165) is 17.2 Å². The number of hydrogen-bond acceptors (Lipinski definition) is 2. The molecular weight excluding hydrogens is 224 g/mol. The first-order chi connectivity index (χ1) is 8.72. The molecule has 94 valence electrons. The van der Waals surface area contributed by atoms with E-state index >= 15 is 0 Å². The fourth-order valence-corrected chi connectivity index (χ4v) is 1.82. The Morgan fingerprint density at radius 1 is 1.17 bits per heavy atom. The number of esters is 1. The highest BCUT2D eigenvalue weighted by Gasteiger charge is 2.11. The molecule has 2 rings (SSSR count). The van der Waals surface area contributed by atoms with Gasteiger partial charge >= 0.3 is 5.97 Å². The van der Waals surface area contributed by atoms with E-state index in [1.54, 1.807) is 0 Å². The minimum atomic E-state index is -0.230. The normalized spacial score (nSPS) is 12.3. The molecule has 0 saturated carbocycles. The van der Waals surface area contributed by atoms with Gasteiger partial charge in [-0.15, -0.1) is 0 Å². The summed E-state index contributed by atoms with van der Waals surface area (Å²) in [5.41, 5.74) is 0.649. The summed E-state index contributed by atoms with van der Waals surface area (Å²) in [5.74, 6) is 0.177. The van der Waals surface area contributed by atoms with Crippen LogP contribution in [0.2, 0.25) is 0 Å². The lowest BCUT2D eigenvalue weighted by Gasteiger charge is -2.10. The van der Waals surface area contributed by atoms with Crippen molar-refractivity contribution in [1.29, 1.82) is 0 Å². The molecule has 0 unspecified atom stereocenters. The number of carbonyl (C=O) groups is 1. The van der Waals surface area contributed by atoms with Crippen molar-refractivity contribution in [3.63, 3.8) is 0 Å². The molecule has 0 bridgehead atoms. The van der Waals surface area contributed by atoms with Crippen molar-refractivity contribution in [3.05, 3.63) is 48.0 Å². The number of benzene rings is 2. The molecule has 0 aliphatic heterocycles. The van der Waals surface area contributed by atoms with Crippen LogP contribution >= 0.6 is 0 Å². The topological polar surface area (TPSA) is 26.3 Å². The van der Waals surface area contributed by atoms with Gasteiger partial charge in [0.25, 0.3) is 0 Å². The Morgan fingerprint density at radius 2 is 1.89 bits per heavy atom. The van der Waals surface area contributed by atoms with E-state index in [9.17, 15) is 4.79 Å². The van der Waals surface area contributed by atoms with Crippen LogP contribution in [0.15, 0.2) is 42.5 Å². The molecule has 2 heteroatoms. The number of hydrogen-bond donors (Lipinski definition) is 0. The van der Waals surface area contributed by atoms with Gasteiger partial charge in [-0.05, 0) is 22.8 Å². The Kier molecular flexibility index (Phi) is 3.98. The molecule has 0 N–H and O–H groups in total. The number of rotatable bonds is 4. The van der Waals surface area contributed by atoms with Crippen molar-refractivity contribution in [2.75, 3.05) is 6.61 Å². The lowest BCUT2D eigenvalue weighted by molar-refractivity contribution is 0.0449. The smallest absolute Gasteiger partial charge is 0.338 e. The van der Waals surface area contributed by atoms with Gasteiger partial charge in [-0.2, -0.15) is 0 Å². The predicted molar refractivity (Wildman–Crippen MR) is 73.7 cm³/mol. The molecular formula is C16H18O2. The first-order valence-corrected chi connectivity index (χ1v) is 6.37. The van der Waals surface area contributed by atoms with E-state index in [-0.39, 0.29) is 5.97 Å². The van der Waals surface area contributed by atoms with Gasteiger partial charge in [-0.3, -0.25) is 0 Å². The van der Waals surface area contributed by atoms with Crippen molar-refractivity contribution >= 4 is 16.7 Å². The monoisotopic (exact) mass is 242 g/mol. The van der Waals surface area contributed by atoms with Gasteiger partial charge in [0, 0.05) is 0 Å². The Morgan fingerprint density at radius 3 is 2.67 bits per heavy atom. The predicted octanol–water partition coefficient (Wildman–Crippen LogP) is 4.04. The zero-order valence-electron chi connectivity index (χ0n) is 10.8. The van der Waals surface area contributed by atoms with E-state index in [4.69, 9.17) is 4.74 Å². The van der Waals surface area contributed by atoms with Crippen molar-refractivity contribution in [1.82, 2.24) is 0 Å². The van der Waals surface area contributed by atoms with Crippen LogP contribution in [0.3, 0.4) is 0 Å². The van der Waals surface area contributed by atoms with Gasteiger partial charge in [0.1, 0.15) is 0 Å². The summed E-state index contributed by atoms with van der Waals surface area (Å²) >= 11 is 0. The molecule has 0 amide bonds. The molecule has 18 heavy (non-hydrogen) atoms. The maximum absolute atomic E-state index is 12.1. The molecule has 0 fully saturated rings. The first kappa shape index (κ1) is 12.6. The summed E-state index contributed by atoms with van der Waals surface area (Å²) in [7, 11) is 0. The minimum Gasteiger partial charge on any atom is -0.462 e. The Bertz CT molecular complexity index is 540. The molecule has 2 aromatic rings. The second-order valence-electron chi connectivity index (χ2n) is 4.64. The Balaban J connectivity index is 2.22. The molecule has 0 heterocycles. The van der Waals surface area contributed by atoms with Crippen molar-refractivity contribution in [3.8, 4) is 0 Å². The van der Waals surface area contributed by atoms with Crippen LogP contribution in [0.1, 0.15) is 30.6 Å². The number of ether oxygens (including phenoxy) is 1. The molecule has 2 nitrogen and oxygen atoms in total. The number of carbonyl (C=O) groups excluding carboxylic acids is 1. The summed E-state index contributed by atoms with van der Waals surface area (Å²) < 4.78 is 5.35. The van der Waals surface area contributed by atoms with Crippen molar-refractivity contribution < 1.29 is 9.53 Å². The molecule has 2 aromatic carbocycles. The highest BCUT2D eigenvalue weighted by Crippen LogP contribution is 2.19. The van der Waals surface area contributed by atoms with Crippen LogP contribution in [-0.2, 0) is 4.74 Å². The first-order valence-electron chi connectivity index (χ1n) is 6.37. The summed E-state index contributed by atoms with van der Waals surface area (Å²) in [5, 5.41) is 2.02. The fraction of sp³-hybridized carbons (Fsp3) is 0.312. The van der Waals surface area contributed by atoms with Gasteiger partial charge in [0.2, 0.25) is 0 Å². The highest BCUT2D eigenvalue weighted by atomic mass is 16.5. The van der Waals surface area contributed by atoms with E-state index in [1.165, 1.54) is 0 Å². The van der Waals surface area contributed by atoms with Crippen LogP contribution < -0.4 is 0 Å². The average Bonchev–Trinajstić information content (AvgIpc) is 2.43. The summed E-state index contributed by atoms with van der Waals surface area (Å²) in [6.45, 7) is 4.66. The summed E-state index contributed by atoms with van der Waals surface area (Å²) in [6, 6.07) is 13.6. The van der Waals surface area contributed by atoms with E-state index in [0.29, 0.717) is 18.1 Å². The Hall–Kier alpha value is -1.83. The Labute approximate surface area is 108 Å². The number of fused-ring (bicyclic) bond motifs is 1. The molecule has 0 aliphatic carbocycles. The van der Waals surface area contributed by atoms with E-state index in [2.05, 4.69) is 13.8 Å². The zero-order chi connectivity index (χ0) is 13.0. The standard InChI is InChI=1S/C16H18O2/c1-3-12(2)11-18-16(17)15-10-6-8-13-7-4-5-9-14(13)15/h4-10,12H,3,11H2,1-2H3/t12-/m0/s1. The van der Waals surface area contributed by atoms with Crippen molar-refractivity contribution in [2.24, 2.45) is 5.92 Å². The second kappa shape index (κ2) is 5.67.